The molecule has 28 heavy (non-hydrogen) atoms. The van der Waals surface area contributed by atoms with E-state index in [0.717, 1.165) is 11.8 Å². The highest BCUT2D eigenvalue weighted by Crippen LogP contribution is 2.49. The Balaban J connectivity index is 1.32. The van der Waals surface area contributed by atoms with E-state index in [0.29, 0.717) is 37.5 Å². The van der Waals surface area contributed by atoms with Crippen LogP contribution in [-0.2, 0) is 21.9 Å². The zero-order chi connectivity index (χ0) is 20.1. The number of aromatic nitrogens is 2. The van der Waals surface area contributed by atoms with Gasteiger partial charge in [-0.25, -0.2) is 8.42 Å². The predicted molar refractivity (Wildman–Crippen MR) is 106 cm³/mol. The topological polar surface area (TPSA) is 84.3 Å². The van der Waals surface area contributed by atoms with Crippen LogP contribution in [0.25, 0.3) is 0 Å². The van der Waals surface area contributed by atoms with E-state index in [9.17, 15) is 13.2 Å². The van der Waals surface area contributed by atoms with Crippen LogP contribution in [0.2, 0.25) is 0 Å². The average molecular weight is 409 g/mol. The first kappa shape index (κ1) is 19.9. The van der Waals surface area contributed by atoms with Gasteiger partial charge in [-0.1, -0.05) is 6.42 Å². The summed E-state index contributed by atoms with van der Waals surface area (Å²) in [5, 5.41) is 7.40. The summed E-state index contributed by atoms with van der Waals surface area (Å²) in [4.78, 5) is 13.0. The molecule has 7 nitrogen and oxygen atoms in total. The molecule has 1 amide bonds. The van der Waals surface area contributed by atoms with Crippen molar-refractivity contribution in [3.63, 3.8) is 0 Å². The fourth-order valence-electron chi connectivity index (χ4n) is 5.68. The molecule has 2 aliphatic carbocycles. The summed E-state index contributed by atoms with van der Waals surface area (Å²) in [6.07, 6.45) is 8.00. The molecule has 3 fully saturated rings. The second-order valence-corrected chi connectivity index (χ2v) is 11.0. The molecule has 0 unspecified atom stereocenters. The van der Waals surface area contributed by atoms with Crippen LogP contribution in [0.1, 0.15) is 51.1 Å². The first-order chi connectivity index (χ1) is 13.3. The van der Waals surface area contributed by atoms with Crippen molar-refractivity contribution in [3.05, 3.63) is 11.9 Å². The van der Waals surface area contributed by atoms with Crippen LogP contribution in [-0.4, -0.2) is 47.5 Å². The first-order valence-electron chi connectivity index (χ1n) is 10.6. The zero-order valence-corrected chi connectivity index (χ0v) is 17.9. The lowest BCUT2D eigenvalue weighted by molar-refractivity contribution is -0.127. The summed E-state index contributed by atoms with van der Waals surface area (Å²) < 4.78 is 28.8. The Morgan fingerprint density at radius 2 is 1.93 bits per heavy atom. The minimum atomic E-state index is -3.54. The van der Waals surface area contributed by atoms with Crippen molar-refractivity contribution in [2.75, 3.05) is 13.1 Å². The summed E-state index contributed by atoms with van der Waals surface area (Å²) in [6, 6.07) is 0.225. The fraction of sp³-hybridized carbons (Fsp3) is 0.800. The number of fused-ring (bicyclic) bond motifs is 2. The van der Waals surface area contributed by atoms with Gasteiger partial charge in [0, 0.05) is 38.3 Å². The van der Waals surface area contributed by atoms with Crippen LogP contribution in [0.3, 0.4) is 0 Å². The Kier molecular flexibility index (Phi) is 5.29. The standard InChI is InChI=1S/C20H32N4O3S/c1-13(18-11-15-4-5-17(18)10-15)21-20(25)16-6-8-24(9-7-16)28(26,27)19-12-23(3)22-14(19)2/h12-13,15-18H,4-11H2,1-3H3,(H,21,25)/t13-,15-,17-,18-/m0/s1. The lowest BCUT2D eigenvalue weighted by Gasteiger charge is -2.33. The third kappa shape index (κ3) is 3.61. The van der Waals surface area contributed by atoms with Crippen molar-refractivity contribution in [1.29, 1.82) is 0 Å². The van der Waals surface area contributed by atoms with Gasteiger partial charge in [0.15, 0.2) is 0 Å². The second kappa shape index (κ2) is 7.44. The minimum Gasteiger partial charge on any atom is -0.353 e. The number of nitrogens with one attached hydrogen (secondary N) is 1. The molecule has 4 atom stereocenters. The highest BCUT2D eigenvalue weighted by Gasteiger charge is 2.42. The van der Waals surface area contributed by atoms with Gasteiger partial charge in [0.1, 0.15) is 4.90 Å². The van der Waals surface area contributed by atoms with Gasteiger partial charge < -0.3 is 5.32 Å². The normalized spacial score (nSPS) is 29.9. The highest BCUT2D eigenvalue weighted by atomic mass is 32.2. The molecular formula is C20H32N4O3S. The first-order valence-corrected chi connectivity index (χ1v) is 12.0. The van der Waals surface area contributed by atoms with Gasteiger partial charge in [-0.2, -0.15) is 9.40 Å². The average Bonchev–Trinajstić information content (AvgIpc) is 3.37. The van der Waals surface area contributed by atoms with Crippen LogP contribution in [0.15, 0.2) is 11.1 Å². The zero-order valence-electron chi connectivity index (χ0n) is 17.1. The molecule has 1 saturated heterocycles. The number of piperidine rings is 1. The van der Waals surface area contributed by atoms with E-state index in [2.05, 4.69) is 17.3 Å². The summed E-state index contributed by atoms with van der Waals surface area (Å²) in [7, 11) is -1.82. The molecule has 1 aliphatic heterocycles. The summed E-state index contributed by atoms with van der Waals surface area (Å²) in [5.74, 6) is 2.29. The molecule has 1 N–H and O–H groups in total. The van der Waals surface area contributed by atoms with E-state index in [1.807, 2.05) is 0 Å². The van der Waals surface area contributed by atoms with Crippen LogP contribution in [0, 0.1) is 30.6 Å². The summed E-state index contributed by atoms with van der Waals surface area (Å²) in [5.41, 5.74) is 0.516. The van der Waals surface area contributed by atoms with Crippen LogP contribution >= 0.6 is 0 Å². The van der Waals surface area contributed by atoms with E-state index in [-0.39, 0.29) is 22.8 Å². The number of hydrogen-bond donors (Lipinski definition) is 1. The molecule has 0 aromatic carbocycles. The Labute approximate surface area is 167 Å². The number of hydrogen-bond acceptors (Lipinski definition) is 4. The number of sulfonamides is 1. The van der Waals surface area contributed by atoms with Gasteiger partial charge in [0.25, 0.3) is 0 Å². The van der Waals surface area contributed by atoms with E-state index in [1.54, 1.807) is 20.2 Å². The molecule has 2 heterocycles. The summed E-state index contributed by atoms with van der Waals surface area (Å²) in [6.45, 7) is 4.63. The van der Waals surface area contributed by atoms with Crippen molar-refractivity contribution < 1.29 is 13.2 Å². The van der Waals surface area contributed by atoms with Crippen molar-refractivity contribution in [2.45, 2.75) is 63.3 Å². The van der Waals surface area contributed by atoms with Gasteiger partial charge in [0.05, 0.1) is 5.69 Å². The molecule has 2 saturated carbocycles. The van der Waals surface area contributed by atoms with Crippen molar-refractivity contribution in [1.82, 2.24) is 19.4 Å². The van der Waals surface area contributed by atoms with Gasteiger partial charge >= 0.3 is 0 Å². The fourth-order valence-corrected chi connectivity index (χ4v) is 7.35. The van der Waals surface area contributed by atoms with Gasteiger partial charge in [-0.15, -0.1) is 0 Å². The second-order valence-electron chi connectivity index (χ2n) is 9.07. The molecule has 0 spiro atoms. The molecule has 4 rings (SSSR count). The number of rotatable bonds is 5. The van der Waals surface area contributed by atoms with Crippen molar-refractivity contribution in [3.8, 4) is 0 Å². The van der Waals surface area contributed by atoms with Crippen LogP contribution in [0.4, 0.5) is 0 Å². The van der Waals surface area contributed by atoms with E-state index < -0.39 is 10.0 Å². The number of carbonyl (C=O) groups excluding carboxylic acids is 1. The number of nitrogens with zero attached hydrogens (tertiary/aromatic N) is 3. The van der Waals surface area contributed by atoms with E-state index in [4.69, 9.17) is 0 Å². The van der Waals surface area contributed by atoms with Gasteiger partial charge in [-0.3, -0.25) is 9.48 Å². The quantitative estimate of drug-likeness (QED) is 0.808. The Morgan fingerprint density at radius 1 is 1.21 bits per heavy atom. The number of amides is 1. The van der Waals surface area contributed by atoms with Gasteiger partial charge in [0.2, 0.25) is 15.9 Å². The highest BCUT2D eigenvalue weighted by molar-refractivity contribution is 7.89. The molecule has 2 bridgehead atoms. The lowest BCUT2D eigenvalue weighted by atomic mass is 9.83. The maximum absolute atomic E-state index is 12.9. The molecule has 1 aromatic rings. The molecular weight excluding hydrogens is 376 g/mol. The number of aryl methyl sites for hydroxylation is 2. The third-order valence-corrected chi connectivity index (χ3v) is 9.22. The maximum Gasteiger partial charge on any atom is 0.246 e. The monoisotopic (exact) mass is 408 g/mol. The molecule has 156 valence electrons. The molecule has 8 heteroatoms. The van der Waals surface area contributed by atoms with Gasteiger partial charge in [-0.05, 0) is 63.7 Å². The van der Waals surface area contributed by atoms with Crippen molar-refractivity contribution >= 4 is 15.9 Å². The predicted octanol–water partition coefficient (Wildman–Crippen LogP) is 2.07. The lowest BCUT2D eigenvalue weighted by Crippen LogP contribution is -2.47. The van der Waals surface area contributed by atoms with E-state index in [1.165, 1.54) is 34.7 Å². The maximum atomic E-state index is 12.9. The SMILES string of the molecule is Cc1nn(C)cc1S(=O)(=O)N1CCC(C(=O)N[C@@H](C)[C@@H]2C[C@H]3CC[C@H]2C3)CC1. The molecule has 0 radical (unpaired) electrons. The molecule has 1 aromatic heterocycles. The third-order valence-electron chi connectivity index (χ3n) is 7.22. The van der Waals surface area contributed by atoms with Crippen LogP contribution in [0.5, 0.6) is 0 Å². The Hall–Kier alpha value is -1.41. The Morgan fingerprint density at radius 3 is 2.46 bits per heavy atom. The van der Waals surface area contributed by atoms with E-state index >= 15 is 0 Å². The van der Waals surface area contributed by atoms with Crippen LogP contribution < -0.4 is 5.32 Å². The smallest absolute Gasteiger partial charge is 0.246 e. The molecule has 3 aliphatic rings. The minimum absolute atomic E-state index is 0.0949. The Bertz CT molecular complexity index is 842. The number of carbonyl (C=O) groups is 1. The van der Waals surface area contributed by atoms with Crippen molar-refractivity contribution in [2.24, 2.45) is 30.7 Å². The summed E-state index contributed by atoms with van der Waals surface area (Å²) >= 11 is 0. The largest absolute Gasteiger partial charge is 0.353 e.